The number of aliphatic hydroxyl groups excluding tert-OH is 1. The molecule has 2 atom stereocenters. The number of Topliss-reactive ketones (excluding diaryl/α,β-unsaturated/α-hetero) is 1. The fourth-order valence-electron chi connectivity index (χ4n) is 2.73. The summed E-state index contributed by atoms with van der Waals surface area (Å²) in [5.41, 5.74) is 0.931. The van der Waals surface area contributed by atoms with E-state index in [0.717, 1.165) is 12.0 Å². The van der Waals surface area contributed by atoms with E-state index >= 15 is 0 Å². The molecule has 1 N–H and O–H groups in total. The molecule has 5 nitrogen and oxygen atoms in total. The molecule has 1 aliphatic heterocycles. The van der Waals surface area contributed by atoms with Crippen LogP contribution in [0.15, 0.2) is 30.3 Å². The Labute approximate surface area is 124 Å². The predicted octanol–water partition coefficient (Wildman–Crippen LogP) is 1.84. The Balaban J connectivity index is 1.90. The number of ketones is 1. The van der Waals surface area contributed by atoms with Crippen LogP contribution in [0.3, 0.4) is 0 Å². The molecule has 2 rings (SSSR count). The van der Waals surface area contributed by atoms with Crippen molar-refractivity contribution in [3.05, 3.63) is 35.9 Å². The SMILES string of the molecule is CCC1CN(C(=O)OCc2ccccc2)CC1C(=O)CO. The van der Waals surface area contributed by atoms with E-state index in [1.54, 1.807) is 4.90 Å². The van der Waals surface area contributed by atoms with Crippen LogP contribution < -0.4 is 0 Å². The van der Waals surface area contributed by atoms with Gasteiger partial charge in [-0.1, -0.05) is 43.7 Å². The summed E-state index contributed by atoms with van der Waals surface area (Å²) in [5, 5.41) is 9.00. The molecule has 1 amide bonds. The van der Waals surface area contributed by atoms with E-state index < -0.39 is 12.7 Å². The zero-order valence-corrected chi connectivity index (χ0v) is 12.2. The summed E-state index contributed by atoms with van der Waals surface area (Å²) in [7, 11) is 0. The zero-order valence-electron chi connectivity index (χ0n) is 12.2. The number of aliphatic hydroxyl groups is 1. The van der Waals surface area contributed by atoms with Crippen molar-refractivity contribution < 1.29 is 19.4 Å². The summed E-state index contributed by atoms with van der Waals surface area (Å²) < 4.78 is 5.28. The average molecular weight is 291 g/mol. The first kappa shape index (κ1) is 15.5. The summed E-state index contributed by atoms with van der Waals surface area (Å²) in [5.74, 6) is -0.363. The molecule has 1 fully saturated rings. The van der Waals surface area contributed by atoms with Crippen LogP contribution in [0.2, 0.25) is 0 Å². The van der Waals surface area contributed by atoms with Crippen molar-refractivity contribution in [2.75, 3.05) is 19.7 Å². The van der Waals surface area contributed by atoms with Gasteiger partial charge in [0.05, 0.1) is 0 Å². The van der Waals surface area contributed by atoms with Crippen LogP contribution in [0.5, 0.6) is 0 Å². The van der Waals surface area contributed by atoms with Crippen molar-refractivity contribution in [3.63, 3.8) is 0 Å². The minimum Gasteiger partial charge on any atom is -0.445 e. The average Bonchev–Trinajstić information content (AvgIpc) is 2.97. The maximum absolute atomic E-state index is 12.1. The van der Waals surface area contributed by atoms with E-state index in [1.165, 1.54) is 0 Å². The molecular weight excluding hydrogens is 270 g/mol. The Kier molecular flexibility index (Phi) is 5.33. The maximum Gasteiger partial charge on any atom is 0.410 e. The third-order valence-electron chi connectivity index (χ3n) is 4.00. The quantitative estimate of drug-likeness (QED) is 0.899. The monoisotopic (exact) mass is 291 g/mol. The number of rotatable bonds is 5. The fourth-order valence-corrected chi connectivity index (χ4v) is 2.73. The zero-order chi connectivity index (χ0) is 15.2. The van der Waals surface area contributed by atoms with E-state index in [9.17, 15) is 9.59 Å². The van der Waals surface area contributed by atoms with E-state index in [4.69, 9.17) is 9.84 Å². The molecule has 1 aliphatic rings. The number of hydrogen-bond donors (Lipinski definition) is 1. The van der Waals surface area contributed by atoms with Gasteiger partial charge in [-0.3, -0.25) is 4.79 Å². The van der Waals surface area contributed by atoms with Gasteiger partial charge in [-0.05, 0) is 11.5 Å². The first-order chi connectivity index (χ1) is 10.2. The molecule has 21 heavy (non-hydrogen) atoms. The van der Waals surface area contributed by atoms with E-state index in [2.05, 4.69) is 0 Å². The Morgan fingerprint density at radius 2 is 2.00 bits per heavy atom. The number of carbonyl (C=O) groups excluding carboxylic acids is 2. The van der Waals surface area contributed by atoms with Gasteiger partial charge in [-0.25, -0.2) is 4.79 Å². The van der Waals surface area contributed by atoms with Crippen molar-refractivity contribution >= 4 is 11.9 Å². The second kappa shape index (κ2) is 7.22. The van der Waals surface area contributed by atoms with Gasteiger partial charge in [0.2, 0.25) is 0 Å². The first-order valence-electron chi connectivity index (χ1n) is 7.24. The van der Waals surface area contributed by atoms with Crippen LogP contribution in [-0.2, 0) is 16.1 Å². The smallest absolute Gasteiger partial charge is 0.410 e. The molecule has 0 aromatic heterocycles. The molecule has 1 saturated heterocycles. The van der Waals surface area contributed by atoms with Crippen LogP contribution in [0.4, 0.5) is 4.79 Å². The van der Waals surface area contributed by atoms with Crippen LogP contribution in [0.25, 0.3) is 0 Å². The number of likely N-dealkylation sites (tertiary alicyclic amines) is 1. The molecular formula is C16H21NO4. The molecule has 0 spiro atoms. The summed E-state index contributed by atoms with van der Waals surface area (Å²) >= 11 is 0. The molecule has 0 aliphatic carbocycles. The lowest BCUT2D eigenvalue weighted by atomic mass is 9.90. The van der Waals surface area contributed by atoms with Gasteiger partial charge in [0.1, 0.15) is 13.2 Å². The maximum atomic E-state index is 12.1. The van der Waals surface area contributed by atoms with Gasteiger partial charge in [-0.2, -0.15) is 0 Å². The lowest BCUT2D eigenvalue weighted by molar-refractivity contribution is -0.126. The lowest BCUT2D eigenvalue weighted by Gasteiger charge is -2.16. The number of nitrogens with zero attached hydrogens (tertiary/aromatic N) is 1. The van der Waals surface area contributed by atoms with Gasteiger partial charge in [0, 0.05) is 19.0 Å². The Morgan fingerprint density at radius 1 is 1.29 bits per heavy atom. The Morgan fingerprint density at radius 3 is 2.62 bits per heavy atom. The molecule has 114 valence electrons. The van der Waals surface area contributed by atoms with Gasteiger partial charge >= 0.3 is 6.09 Å². The van der Waals surface area contributed by atoms with Gasteiger partial charge in [0.25, 0.3) is 0 Å². The van der Waals surface area contributed by atoms with Crippen molar-refractivity contribution in [2.45, 2.75) is 20.0 Å². The van der Waals surface area contributed by atoms with E-state index in [0.29, 0.717) is 13.1 Å². The number of amides is 1. The minimum absolute atomic E-state index is 0.105. The largest absolute Gasteiger partial charge is 0.445 e. The second-order valence-corrected chi connectivity index (χ2v) is 5.34. The summed E-state index contributed by atoms with van der Waals surface area (Å²) in [6.07, 6.45) is 0.407. The molecule has 5 heteroatoms. The number of benzene rings is 1. The molecule has 2 unspecified atom stereocenters. The number of hydrogen-bond acceptors (Lipinski definition) is 4. The first-order valence-corrected chi connectivity index (χ1v) is 7.24. The summed E-state index contributed by atoms with van der Waals surface area (Å²) in [6.45, 7) is 2.60. The van der Waals surface area contributed by atoms with Crippen molar-refractivity contribution in [2.24, 2.45) is 11.8 Å². The third kappa shape index (κ3) is 3.82. The van der Waals surface area contributed by atoms with E-state index in [1.807, 2.05) is 37.3 Å². The summed E-state index contributed by atoms with van der Waals surface area (Å²) in [4.78, 5) is 25.3. The lowest BCUT2D eigenvalue weighted by Crippen LogP contribution is -2.30. The van der Waals surface area contributed by atoms with Crippen molar-refractivity contribution in [1.29, 1.82) is 0 Å². The highest BCUT2D eigenvalue weighted by atomic mass is 16.6. The van der Waals surface area contributed by atoms with E-state index in [-0.39, 0.29) is 24.2 Å². The fraction of sp³-hybridized carbons (Fsp3) is 0.500. The Bertz CT molecular complexity index is 488. The minimum atomic E-state index is -0.464. The van der Waals surface area contributed by atoms with Crippen LogP contribution in [0, 0.1) is 11.8 Å². The highest BCUT2D eigenvalue weighted by Gasteiger charge is 2.38. The van der Waals surface area contributed by atoms with Gasteiger partial charge in [-0.15, -0.1) is 0 Å². The van der Waals surface area contributed by atoms with Crippen LogP contribution in [-0.4, -0.2) is 41.6 Å². The predicted molar refractivity (Wildman–Crippen MR) is 77.6 cm³/mol. The molecule has 1 aromatic carbocycles. The standard InChI is InChI=1S/C16H21NO4/c1-2-13-8-17(9-14(13)15(19)10-18)16(20)21-11-12-6-4-3-5-7-12/h3-7,13-14,18H,2,8-11H2,1H3. The Hall–Kier alpha value is -1.88. The topological polar surface area (TPSA) is 66.8 Å². The van der Waals surface area contributed by atoms with Crippen molar-refractivity contribution in [3.8, 4) is 0 Å². The molecule has 1 aromatic rings. The van der Waals surface area contributed by atoms with Crippen LogP contribution >= 0.6 is 0 Å². The summed E-state index contributed by atoms with van der Waals surface area (Å²) in [6, 6.07) is 9.47. The highest BCUT2D eigenvalue weighted by molar-refractivity contribution is 5.83. The van der Waals surface area contributed by atoms with Crippen molar-refractivity contribution in [1.82, 2.24) is 4.90 Å². The van der Waals surface area contributed by atoms with Gasteiger partial charge < -0.3 is 14.7 Å². The molecule has 0 saturated carbocycles. The van der Waals surface area contributed by atoms with Crippen LogP contribution in [0.1, 0.15) is 18.9 Å². The highest BCUT2D eigenvalue weighted by Crippen LogP contribution is 2.27. The molecule has 1 heterocycles. The second-order valence-electron chi connectivity index (χ2n) is 5.34. The van der Waals surface area contributed by atoms with Gasteiger partial charge in [0.15, 0.2) is 5.78 Å². The number of carbonyl (C=O) groups is 2. The normalized spacial score (nSPS) is 21.3. The third-order valence-corrected chi connectivity index (χ3v) is 4.00. The molecule has 0 radical (unpaired) electrons. The molecule has 0 bridgehead atoms. The number of ether oxygens (including phenoxy) is 1.